The first-order valence-electron chi connectivity index (χ1n) is 15.8. The van der Waals surface area contributed by atoms with Gasteiger partial charge in [0.2, 0.25) is 10.0 Å². The number of benzene rings is 3. The Hall–Kier alpha value is -5.46. The number of non-ortho nitro benzene ring substituents is 1. The van der Waals surface area contributed by atoms with Gasteiger partial charge in [-0.2, -0.15) is 23.4 Å². The molecule has 1 atom stereocenters. The average Bonchev–Trinajstić information content (AvgIpc) is 3.63. The van der Waals surface area contributed by atoms with E-state index in [-0.39, 0.29) is 53.0 Å². The molecule has 5 aromatic rings. The first kappa shape index (κ1) is 36.3. The van der Waals surface area contributed by atoms with Crippen molar-refractivity contribution in [2.24, 2.45) is 5.92 Å². The summed E-state index contributed by atoms with van der Waals surface area (Å²) in [5.74, 6) is -1.47. The van der Waals surface area contributed by atoms with Crippen molar-refractivity contribution in [3.05, 3.63) is 112 Å². The monoisotopic (exact) mass is 753 g/mol. The number of anilines is 2. The number of carbonyl (C=O) groups is 1. The first-order valence-corrected chi connectivity index (χ1v) is 18.1. The van der Waals surface area contributed by atoms with Crippen LogP contribution in [0.5, 0.6) is 11.5 Å². The van der Waals surface area contributed by atoms with E-state index in [9.17, 15) is 23.3 Å². The van der Waals surface area contributed by atoms with Crippen molar-refractivity contribution in [3.8, 4) is 22.1 Å². The van der Waals surface area contributed by atoms with Gasteiger partial charge in [-0.1, -0.05) is 18.2 Å². The number of nitro benzene ring substituents is 1. The molecule has 1 saturated heterocycles. The van der Waals surface area contributed by atoms with E-state index in [0.717, 1.165) is 46.0 Å². The van der Waals surface area contributed by atoms with Crippen molar-refractivity contribution < 1.29 is 36.0 Å². The lowest BCUT2D eigenvalue weighted by atomic mass is 9.96. The minimum atomic E-state index is -4.94. The van der Waals surface area contributed by atoms with Gasteiger partial charge in [-0.05, 0) is 61.2 Å². The summed E-state index contributed by atoms with van der Waals surface area (Å²) in [5.41, 5.74) is -1.24. The molecular weight excluding hydrogens is 724 g/mol. The fourth-order valence-corrected chi connectivity index (χ4v) is 7.93. The molecular formula is C34H30F3N7O6S2. The highest BCUT2D eigenvalue weighted by Crippen LogP contribution is 2.48. The standard InChI is InChI=1S/C34H30F3N7O6S2/c1-42(52(48,49)26-11-9-24(10-12-26)44(46)47)19-22-6-5-17-43(20-22)31-27(40-32(45)28-21-51-33(41-28)23-15-16-38-39-18-23)13-14-29(30(31)34(35,36)37)50-25-7-3-2-4-8-25/h2-4,7-16,18,21-22H,5-6,17,19-20H2,1H3,(H,40,45)/t22-/m0/s1. The maximum absolute atomic E-state index is 15.2. The van der Waals surface area contributed by atoms with Crippen LogP contribution in [-0.4, -0.2) is 65.4 Å². The number of thiazole rings is 1. The molecule has 0 spiro atoms. The number of aromatic nitrogens is 3. The second-order valence-corrected chi connectivity index (χ2v) is 14.8. The summed E-state index contributed by atoms with van der Waals surface area (Å²) >= 11 is 1.16. The quantitative estimate of drug-likeness (QED) is 0.109. The fourth-order valence-electron chi connectivity index (χ4n) is 5.89. The number of halogens is 3. The maximum Gasteiger partial charge on any atom is 0.422 e. The molecule has 1 aliphatic heterocycles. The van der Waals surface area contributed by atoms with Crippen LogP contribution in [0.1, 0.15) is 28.9 Å². The van der Waals surface area contributed by atoms with Crippen LogP contribution in [0.15, 0.2) is 95.5 Å². The Morgan fingerprint density at radius 2 is 1.85 bits per heavy atom. The molecule has 1 aliphatic rings. The number of hydrogen-bond donors (Lipinski definition) is 1. The van der Waals surface area contributed by atoms with Crippen LogP contribution in [0.3, 0.4) is 0 Å². The van der Waals surface area contributed by atoms with Gasteiger partial charge in [-0.15, -0.1) is 11.3 Å². The number of amides is 1. The molecule has 0 aliphatic carbocycles. The molecule has 0 saturated carbocycles. The van der Waals surface area contributed by atoms with Gasteiger partial charge in [0.05, 0.1) is 33.6 Å². The van der Waals surface area contributed by atoms with E-state index in [0.29, 0.717) is 23.4 Å². The Balaban J connectivity index is 1.33. The van der Waals surface area contributed by atoms with E-state index in [1.165, 1.54) is 47.9 Å². The number of nitrogens with zero attached hydrogens (tertiary/aromatic N) is 6. The molecule has 0 bridgehead atoms. The van der Waals surface area contributed by atoms with Crippen molar-refractivity contribution >= 4 is 44.3 Å². The Morgan fingerprint density at radius 1 is 1.10 bits per heavy atom. The summed E-state index contributed by atoms with van der Waals surface area (Å²) in [7, 11) is -2.74. The van der Waals surface area contributed by atoms with E-state index in [4.69, 9.17) is 4.74 Å². The molecule has 270 valence electrons. The SMILES string of the molecule is CN(C[C@@H]1CCCN(c2c(NC(=O)c3csc(-c4ccnnc4)n3)ccc(Oc3ccccc3)c2C(F)(F)F)C1)S(=O)(=O)c1ccc([N+](=O)[O-])cc1. The number of piperidine rings is 1. The molecule has 3 heterocycles. The van der Waals surface area contributed by atoms with Gasteiger partial charge in [0.1, 0.15) is 27.8 Å². The lowest BCUT2D eigenvalue weighted by Gasteiger charge is -2.38. The van der Waals surface area contributed by atoms with Crippen molar-refractivity contribution in [2.75, 3.05) is 36.9 Å². The third-order valence-electron chi connectivity index (χ3n) is 8.32. The number of hydrogen-bond acceptors (Lipinski definition) is 11. The van der Waals surface area contributed by atoms with E-state index >= 15 is 13.2 Å². The largest absolute Gasteiger partial charge is 0.457 e. The van der Waals surface area contributed by atoms with E-state index < -0.39 is 44.3 Å². The highest BCUT2D eigenvalue weighted by molar-refractivity contribution is 7.89. The number of carbonyl (C=O) groups excluding carboxylic acids is 1. The Bertz CT molecular complexity index is 2170. The van der Waals surface area contributed by atoms with Gasteiger partial charge in [0.25, 0.3) is 11.6 Å². The highest BCUT2D eigenvalue weighted by Gasteiger charge is 2.42. The third kappa shape index (κ3) is 8.03. The average molecular weight is 754 g/mol. The molecule has 3 aromatic carbocycles. The zero-order chi connectivity index (χ0) is 37.0. The lowest BCUT2D eigenvalue weighted by Crippen LogP contribution is -2.42. The predicted octanol–water partition coefficient (Wildman–Crippen LogP) is 7.11. The van der Waals surface area contributed by atoms with Crippen LogP contribution in [-0.2, 0) is 16.2 Å². The highest BCUT2D eigenvalue weighted by atomic mass is 32.2. The van der Waals surface area contributed by atoms with Crippen LogP contribution >= 0.6 is 11.3 Å². The number of sulfonamides is 1. The minimum absolute atomic E-state index is 0.0107. The van der Waals surface area contributed by atoms with E-state index in [2.05, 4.69) is 20.5 Å². The number of rotatable bonds is 11. The number of nitrogens with one attached hydrogen (secondary N) is 1. The second kappa shape index (κ2) is 15.0. The fraction of sp³-hybridized carbons (Fsp3) is 0.235. The zero-order valence-electron chi connectivity index (χ0n) is 27.4. The summed E-state index contributed by atoms with van der Waals surface area (Å²) in [5, 5.41) is 23.2. The van der Waals surface area contributed by atoms with Crippen LogP contribution in [0.4, 0.5) is 30.2 Å². The van der Waals surface area contributed by atoms with Gasteiger partial charge in [0.15, 0.2) is 0 Å². The van der Waals surface area contributed by atoms with Crippen LogP contribution < -0.4 is 15.0 Å². The minimum Gasteiger partial charge on any atom is -0.457 e. The Kier molecular flexibility index (Phi) is 10.5. The summed E-state index contributed by atoms with van der Waals surface area (Å²) in [4.78, 5) is 29.6. The van der Waals surface area contributed by atoms with Gasteiger partial charge >= 0.3 is 6.18 Å². The summed E-state index contributed by atoms with van der Waals surface area (Å²) in [6.45, 7) is 0.132. The van der Waals surface area contributed by atoms with Crippen LogP contribution in [0.2, 0.25) is 0 Å². The van der Waals surface area contributed by atoms with Crippen molar-refractivity contribution in [1.82, 2.24) is 19.5 Å². The molecule has 52 heavy (non-hydrogen) atoms. The number of nitro groups is 1. The number of alkyl halides is 3. The topological polar surface area (TPSA) is 161 Å². The van der Waals surface area contributed by atoms with Gasteiger partial charge in [-0.3, -0.25) is 14.9 Å². The molecule has 13 nitrogen and oxygen atoms in total. The molecule has 1 N–H and O–H groups in total. The normalized spacial score (nSPS) is 15.0. The maximum atomic E-state index is 15.2. The van der Waals surface area contributed by atoms with Crippen LogP contribution in [0.25, 0.3) is 10.6 Å². The molecule has 1 amide bonds. The molecule has 0 radical (unpaired) electrons. The van der Waals surface area contributed by atoms with Crippen LogP contribution in [0, 0.1) is 16.0 Å². The molecule has 1 fully saturated rings. The smallest absolute Gasteiger partial charge is 0.422 e. The van der Waals surface area contributed by atoms with Crippen molar-refractivity contribution in [1.29, 1.82) is 0 Å². The van der Waals surface area contributed by atoms with E-state index in [1.54, 1.807) is 24.3 Å². The van der Waals surface area contributed by atoms with E-state index in [1.807, 2.05) is 0 Å². The molecule has 18 heteroatoms. The van der Waals surface area contributed by atoms with Crippen molar-refractivity contribution in [3.63, 3.8) is 0 Å². The number of para-hydroxylation sites is 1. The van der Waals surface area contributed by atoms with Gasteiger partial charge < -0.3 is 15.0 Å². The Labute approximate surface area is 299 Å². The van der Waals surface area contributed by atoms with Gasteiger partial charge in [-0.25, -0.2) is 17.7 Å². The van der Waals surface area contributed by atoms with Crippen molar-refractivity contribution in [2.45, 2.75) is 23.9 Å². The third-order valence-corrected chi connectivity index (χ3v) is 11.0. The second-order valence-electron chi connectivity index (χ2n) is 11.9. The summed E-state index contributed by atoms with van der Waals surface area (Å²) in [6.07, 6.45) is -1.08. The lowest BCUT2D eigenvalue weighted by molar-refractivity contribution is -0.384. The number of ether oxygens (including phenoxy) is 1. The summed E-state index contributed by atoms with van der Waals surface area (Å²) < 4.78 is 79.0. The zero-order valence-corrected chi connectivity index (χ0v) is 29.0. The first-order chi connectivity index (χ1) is 24.8. The predicted molar refractivity (Wildman–Crippen MR) is 187 cm³/mol. The molecule has 0 unspecified atom stereocenters. The summed E-state index contributed by atoms with van der Waals surface area (Å²) in [6, 6.07) is 16.6. The Morgan fingerprint density at radius 3 is 2.52 bits per heavy atom. The van der Waals surface area contributed by atoms with Gasteiger partial charge in [0, 0.05) is 49.8 Å². The molecule has 2 aromatic heterocycles. The molecule has 6 rings (SSSR count).